The summed E-state index contributed by atoms with van der Waals surface area (Å²) in [5.41, 5.74) is 0.717. The number of hydrogen-bond donors (Lipinski definition) is 1. The zero-order chi connectivity index (χ0) is 11.3. The molecule has 15 heavy (non-hydrogen) atoms. The van der Waals surface area contributed by atoms with Gasteiger partial charge in [0.2, 0.25) is 0 Å². The van der Waals surface area contributed by atoms with E-state index in [1.54, 1.807) is 18.2 Å². The molecule has 1 N–H and O–H groups in total. The number of hydrogen-bond acceptors (Lipinski definition) is 3. The van der Waals surface area contributed by atoms with E-state index in [4.69, 9.17) is 4.74 Å². The first-order chi connectivity index (χ1) is 7.15. The quantitative estimate of drug-likeness (QED) is 0.611. The van der Waals surface area contributed by atoms with E-state index < -0.39 is 0 Å². The van der Waals surface area contributed by atoms with Crippen molar-refractivity contribution in [1.29, 1.82) is 0 Å². The summed E-state index contributed by atoms with van der Waals surface area (Å²) >= 11 is 0. The van der Waals surface area contributed by atoms with Gasteiger partial charge in [0, 0.05) is 12.5 Å². The first-order valence-corrected chi connectivity index (χ1v) is 5.14. The van der Waals surface area contributed by atoms with E-state index in [0.29, 0.717) is 5.75 Å². The van der Waals surface area contributed by atoms with E-state index in [0.717, 1.165) is 24.8 Å². The Hall–Kier alpha value is -1.51. The average molecular weight is 208 g/mol. The molecular formula is C12H16O3. The van der Waals surface area contributed by atoms with Gasteiger partial charge in [0.25, 0.3) is 0 Å². The maximum absolute atomic E-state index is 10.8. The molecule has 82 valence electrons. The molecule has 3 nitrogen and oxygen atoms in total. The molecule has 0 bridgehead atoms. The molecule has 0 spiro atoms. The molecule has 0 radical (unpaired) electrons. The Morgan fingerprint density at radius 2 is 2.20 bits per heavy atom. The normalized spacial score (nSPS) is 10.0. The van der Waals surface area contributed by atoms with Gasteiger partial charge in [0.05, 0.1) is 0 Å². The van der Waals surface area contributed by atoms with Crippen LogP contribution in [0.2, 0.25) is 0 Å². The minimum absolute atomic E-state index is 0.196. The largest absolute Gasteiger partial charge is 0.508 e. The SMILES string of the molecule is CCCCc1c(O)cccc1OC(C)=O. The van der Waals surface area contributed by atoms with Crippen LogP contribution in [0.15, 0.2) is 18.2 Å². The van der Waals surface area contributed by atoms with Crippen LogP contribution in [-0.4, -0.2) is 11.1 Å². The van der Waals surface area contributed by atoms with Crippen molar-refractivity contribution in [3.8, 4) is 11.5 Å². The van der Waals surface area contributed by atoms with Gasteiger partial charge in [-0.05, 0) is 25.0 Å². The minimum Gasteiger partial charge on any atom is -0.508 e. The Labute approximate surface area is 89.7 Å². The number of carbonyl (C=O) groups is 1. The molecule has 0 aliphatic heterocycles. The van der Waals surface area contributed by atoms with Gasteiger partial charge in [0.1, 0.15) is 11.5 Å². The Bertz CT molecular complexity index is 345. The molecule has 0 unspecified atom stereocenters. The lowest BCUT2D eigenvalue weighted by molar-refractivity contribution is -0.131. The monoisotopic (exact) mass is 208 g/mol. The summed E-state index contributed by atoms with van der Waals surface area (Å²) in [4.78, 5) is 10.8. The van der Waals surface area contributed by atoms with Crippen molar-refractivity contribution in [1.82, 2.24) is 0 Å². The molecule has 0 saturated carbocycles. The molecule has 0 fully saturated rings. The Morgan fingerprint density at radius 1 is 1.47 bits per heavy atom. The predicted octanol–water partition coefficient (Wildman–Crippen LogP) is 2.66. The molecule has 1 aromatic rings. The molecule has 1 rings (SSSR count). The van der Waals surface area contributed by atoms with Crippen LogP contribution >= 0.6 is 0 Å². The summed E-state index contributed by atoms with van der Waals surface area (Å²) in [5, 5.41) is 9.64. The zero-order valence-corrected chi connectivity index (χ0v) is 9.12. The fourth-order valence-corrected chi connectivity index (χ4v) is 1.41. The van der Waals surface area contributed by atoms with Crippen molar-refractivity contribution >= 4 is 5.97 Å². The molecule has 1 aromatic carbocycles. The van der Waals surface area contributed by atoms with Crippen LogP contribution < -0.4 is 4.74 Å². The molecule has 0 saturated heterocycles. The van der Waals surface area contributed by atoms with Gasteiger partial charge in [-0.3, -0.25) is 4.79 Å². The van der Waals surface area contributed by atoms with E-state index >= 15 is 0 Å². The second-order valence-corrected chi connectivity index (χ2v) is 3.45. The summed E-state index contributed by atoms with van der Waals surface area (Å²) in [6, 6.07) is 4.98. The number of ether oxygens (including phenoxy) is 1. The number of benzene rings is 1. The van der Waals surface area contributed by atoms with Crippen molar-refractivity contribution in [2.24, 2.45) is 0 Å². The first-order valence-electron chi connectivity index (χ1n) is 5.14. The van der Waals surface area contributed by atoms with Crippen LogP contribution in [0.25, 0.3) is 0 Å². The van der Waals surface area contributed by atoms with Crippen molar-refractivity contribution in [3.63, 3.8) is 0 Å². The van der Waals surface area contributed by atoms with Gasteiger partial charge in [-0.25, -0.2) is 0 Å². The fraction of sp³-hybridized carbons (Fsp3) is 0.417. The molecule has 0 aliphatic rings. The van der Waals surface area contributed by atoms with Gasteiger partial charge in [-0.15, -0.1) is 0 Å². The number of esters is 1. The van der Waals surface area contributed by atoms with Crippen LogP contribution in [-0.2, 0) is 11.2 Å². The number of rotatable bonds is 4. The average Bonchev–Trinajstić information content (AvgIpc) is 2.16. The highest BCUT2D eigenvalue weighted by molar-refractivity contribution is 5.70. The van der Waals surface area contributed by atoms with Gasteiger partial charge < -0.3 is 9.84 Å². The molecule has 0 aromatic heterocycles. The predicted molar refractivity (Wildman–Crippen MR) is 58.0 cm³/mol. The van der Waals surface area contributed by atoms with Crippen LogP contribution in [0.1, 0.15) is 32.3 Å². The van der Waals surface area contributed by atoms with Crippen molar-refractivity contribution in [3.05, 3.63) is 23.8 Å². The van der Waals surface area contributed by atoms with Crippen LogP contribution in [0.4, 0.5) is 0 Å². The second kappa shape index (κ2) is 5.39. The summed E-state index contributed by atoms with van der Waals surface area (Å²) in [6.07, 6.45) is 2.73. The fourth-order valence-electron chi connectivity index (χ4n) is 1.41. The van der Waals surface area contributed by atoms with E-state index in [1.165, 1.54) is 6.92 Å². The zero-order valence-electron chi connectivity index (χ0n) is 9.12. The lowest BCUT2D eigenvalue weighted by Gasteiger charge is -2.09. The first kappa shape index (κ1) is 11.6. The highest BCUT2D eigenvalue weighted by Gasteiger charge is 2.09. The molecule has 0 heterocycles. The lowest BCUT2D eigenvalue weighted by Crippen LogP contribution is -2.04. The van der Waals surface area contributed by atoms with Crippen LogP contribution in [0.3, 0.4) is 0 Å². The third-order valence-corrected chi connectivity index (χ3v) is 2.14. The molecule has 0 amide bonds. The Kier molecular flexibility index (Phi) is 4.16. The summed E-state index contributed by atoms with van der Waals surface area (Å²) in [7, 11) is 0. The number of carbonyl (C=O) groups excluding carboxylic acids is 1. The van der Waals surface area contributed by atoms with Gasteiger partial charge in [-0.2, -0.15) is 0 Å². The van der Waals surface area contributed by atoms with Crippen molar-refractivity contribution < 1.29 is 14.6 Å². The van der Waals surface area contributed by atoms with Crippen molar-refractivity contribution in [2.75, 3.05) is 0 Å². The highest BCUT2D eigenvalue weighted by Crippen LogP contribution is 2.29. The summed E-state index contributed by atoms with van der Waals surface area (Å²) in [6.45, 7) is 3.43. The number of aromatic hydroxyl groups is 1. The van der Waals surface area contributed by atoms with E-state index in [2.05, 4.69) is 6.92 Å². The highest BCUT2D eigenvalue weighted by atomic mass is 16.5. The van der Waals surface area contributed by atoms with E-state index in [-0.39, 0.29) is 11.7 Å². The third-order valence-electron chi connectivity index (χ3n) is 2.14. The van der Waals surface area contributed by atoms with Gasteiger partial charge >= 0.3 is 5.97 Å². The number of phenols is 1. The molecular weight excluding hydrogens is 192 g/mol. The minimum atomic E-state index is -0.363. The summed E-state index contributed by atoms with van der Waals surface area (Å²) < 4.78 is 5.02. The van der Waals surface area contributed by atoms with Crippen LogP contribution in [0, 0.1) is 0 Å². The van der Waals surface area contributed by atoms with Gasteiger partial charge in [-0.1, -0.05) is 19.4 Å². The second-order valence-electron chi connectivity index (χ2n) is 3.45. The van der Waals surface area contributed by atoms with Crippen LogP contribution in [0.5, 0.6) is 11.5 Å². The molecule has 0 aliphatic carbocycles. The standard InChI is InChI=1S/C12H16O3/c1-3-4-6-10-11(14)7-5-8-12(10)15-9(2)13/h5,7-8,14H,3-4,6H2,1-2H3. The Balaban J connectivity index is 2.92. The number of unbranched alkanes of at least 4 members (excludes halogenated alkanes) is 1. The maximum atomic E-state index is 10.8. The van der Waals surface area contributed by atoms with E-state index in [9.17, 15) is 9.90 Å². The summed E-state index contributed by atoms with van der Waals surface area (Å²) in [5.74, 6) is 0.302. The van der Waals surface area contributed by atoms with E-state index in [1.807, 2.05) is 0 Å². The van der Waals surface area contributed by atoms with Crippen molar-refractivity contribution in [2.45, 2.75) is 33.1 Å². The molecule has 3 heteroatoms. The topological polar surface area (TPSA) is 46.5 Å². The smallest absolute Gasteiger partial charge is 0.308 e. The number of phenolic OH excluding ortho intramolecular Hbond substituents is 1. The third kappa shape index (κ3) is 3.27. The Morgan fingerprint density at radius 3 is 2.80 bits per heavy atom. The van der Waals surface area contributed by atoms with Gasteiger partial charge in [0.15, 0.2) is 0 Å². The maximum Gasteiger partial charge on any atom is 0.308 e. The molecule has 0 atom stereocenters. The lowest BCUT2D eigenvalue weighted by atomic mass is 10.1.